The van der Waals surface area contributed by atoms with E-state index in [-0.39, 0.29) is 0 Å². The van der Waals surface area contributed by atoms with E-state index in [1.54, 1.807) is 0 Å². The number of halogens is 3. The molecule has 2 bridgehead atoms. The van der Waals surface area contributed by atoms with Crippen molar-refractivity contribution in [2.24, 2.45) is 23.7 Å². The summed E-state index contributed by atoms with van der Waals surface area (Å²) in [6.07, 6.45) is -5.42. The molecule has 13 heteroatoms. The maximum atomic E-state index is 14.0. The second kappa shape index (κ2) is 10.0. The van der Waals surface area contributed by atoms with Crippen LogP contribution in [0.25, 0.3) is 0 Å². The van der Waals surface area contributed by atoms with Crippen molar-refractivity contribution < 1.29 is 61.5 Å². The van der Waals surface area contributed by atoms with Crippen LogP contribution in [-0.2, 0) is 44.3 Å². The van der Waals surface area contributed by atoms with E-state index in [2.05, 4.69) is 0 Å². The Bertz CT molecular complexity index is 1140. The minimum atomic E-state index is -4.89. The van der Waals surface area contributed by atoms with E-state index < -0.39 is 94.1 Å². The Balaban J connectivity index is 2.47. The molecular weight excluding hydrogens is 505 g/mol. The number of aliphatic hydroxyl groups is 2. The van der Waals surface area contributed by atoms with Crippen molar-refractivity contribution in [1.29, 1.82) is 0 Å². The highest BCUT2D eigenvalue weighted by atomic mass is 19.4. The van der Waals surface area contributed by atoms with E-state index in [1.165, 1.54) is 6.07 Å². The number of benzene rings is 1. The van der Waals surface area contributed by atoms with Crippen LogP contribution in [0.4, 0.5) is 13.2 Å². The molecule has 0 heterocycles. The van der Waals surface area contributed by atoms with Gasteiger partial charge < -0.3 is 29.2 Å². The lowest BCUT2D eigenvalue weighted by atomic mass is 9.49. The molecule has 2 N–H and O–H groups in total. The first-order chi connectivity index (χ1) is 17.3. The lowest BCUT2D eigenvalue weighted by Crippen LogP contribution is -2.68. The molecule has 2 aliphatic carbocycles. The molecule has 6 atom stereocenters. The number of ether oxygens (including phenoxy) is 4. The number of alkyl halides is 3. The molecule has 2 aliphatic rings. The van der Waals surface area contributed by atoms with Crippen molar-refractivity contribution in [1.82, 2.24) is 0 Å². The molecule has 0 aromatic heterocycles. The molecule has 1 aromatic rings. The molecule has 0 saturated heterocycles. The average Bonchev–Trinajstić information content (AvgIpc) is 2.86. The number of carbonyl (C=O) groups excluding carboxylic acids is 4. The van der Waals surface area contributed by atoms with E-state index in [1.807, 2.05) is 0 Å². The number of fused-ring (bicyclic) bond motifs is 2. The first kappa shape index (κ1) is 28.0. The van der Waals surface area contributed by atoms with E-state index in [0.717, 1.165) is 46.6 Å². The second-order valence-electron chi connectivity index (χ2n) is 8.67. The molecule has 0 spiro atoms. The van der Waals surface area contributed by atoms with Gasteiger partial charge in [-0.05, 0) is 18.1 Å². The Morgan fingerprint density at radius 1 is 0.865 bits per heavy atom. The predicted molar refractivity (Wildman–Crippen MR) is 115 cm³/mol. The van der Waals surface area contributed by atoms with Gasteiger partial charge in [0.05, 0.1) is 51.4 Å². The molecular formula is C24H25F3O10. The number of methoxy groups -OCH3 is 4. The molecule has 1 aromatic carbocycles. The Labute approximate surface area is 208 Å². The Hall–Kier alpha value is -3.61. The SMILES string of the molecule is COC(=O)C1=C(O)C(C(=O)OC)[C@@]2(O)[C@@H](C(=O)OC)C(c3ccccc3C(F)(F)F)C[C@@H]1[C@@H]2C(=O)OC. The van der Waals surface area contributed by atoms with Gasteiger partial charge in [-0.1, -0.05) is 18.2 Å². The maximum absolute atomic E-state index is 14.0. The molecule has 10 nitrogen and oxygen atoms in total. The fourth-order valence-corrected chi connectivity index (χ4v) is 5.72. The molecule has 0 amide bonds. The standard InChI is InChI=1S/C24H25F3O10/c1-34-19(29)14-12-9-11(10-7-5-6-8-13(10)24(25,26)27)15(20(30)35-2)23(33,16(12)21(31)36-3)17(18(14)28)22(32)37-4/h5-8,11-12,15-17,28,33H,9H2,1-4H3/t11?,12-,15+,16+,17?,23+/m0/s1. The normalized spacial score (nSPS) is 29.2. The van der Waals surface area contributed by atoms with Crippen molar-refractivity contribution in [3.8, 4) is 0 Å². The van der Waals surface area contributed by atoms with E-state index >= 15 is 0 Å². The Morgan fingerprint density at radius 2 is 1.38 bits per heavy atom. The third-order valence-electron chi connectivity index (χ3n) is 7.11. The molecule has 37 heavy (non-hydrogen) atoms. The molecule has 3 rings (SSSR count). The third kappa shape index (κ3) is 4.30. The third-order valence-corrected chi connectivity index (χ3v) is 7.11. The quantitative estimate of drug-likeness (QED) is 0.428. The number of hydrogen-bond donors (Lipinski definition) is 2. The molecule has 202 valence electrons. The molecule has 1 fully saturated rings. The number of hydrogen-bond acceptors (Lipinski definition) is 10. The molecule has 1 saturated carbocycles. The van der Waals surface area contributed by atoms with Gasteiger partial charge in [-0.25, -0.2) is 4.79 Å². The predicted octanol–water partition coefficient (Wildman–Crippen LogP) is 1.91. The average molecular weight is 530 g/mol. The second-order valence-corrected chi connectivity index (χ2v) is 8.67. The van der Waals surface area contributed by atoms with E-state index in [9.17, 15) is 42.6 Å². The van der Waals surface area contributed by atoms with Gasteiger partial charge in [-0.2, -0.15) is 13.2 Å². The zero-order valence-electron chi connectivity index (χ0n) is 20.2. The van der Waals surface area contributed by atoms with Gasteiger partial charge >= 0.3 is 30.1 Å². The Morgan fingerprint density at radius 3 is 1.86 bits per heavy atom. The number of aliphatic hydroxyl groups excluding tert-OH is 1. The first-order valence-corrected chi connectivity index (χ1v) is 10.9. The van der Waals surface area contributed by atoms with Crippen molar-refractivity contribution in [3.63, 3.8) is 0 Å². The smallest absolute Gasteiger partial charge is 0.416 e. The summed E-state index contributed by atoms with van der Waals surface area (Å²) in [4.78, 5) is 51.8. The van der Waals surface area contributed by atoms with Gasteiger partial charge in [0.25, 0.3) is 0 Å². The van der Waals surface area contributed by atoms with E-state index in [0.29, 0.717) is 0 Å². The van der Waals surface area contributed by atoms with Crippen molar-refractivity contribution >= 4 is 23.9 Å². The zero-order valence-corrected chi connectivity index (χ0v) is 20.2. The van der Waals surface area contributed by atoms with Crippen LogP contribution in [0.3, 0.4) is 0 Å². The van der Waals surface area contributed by atoms with Crippen LogP contribution in [0.1, 0.15) is 23.5 Å². The summed E-state index contributed by atoms with van der Waals surface area (Å²) in [5.74, 6) is -15.2. The van der Waals surface area contributed by atoms with Gasteiger partial charge in [-0.15, -0.1) is 0 Å². The highest BCUT2D eigenvalue weighted by Gasteiger charge is 2.71. The Kier molecular flexibility index (Phi) is 7.59. The highest BCUT2D eigenvalue weighted by molar-refractivity contribution is 5.96. The van der Waals surface area contributed by atoms with Gasteiger partial charge in [-0.3, -0.25) is 14.4 Å². The molecule has 0 aliphatic heterocycles. The topological polar surface area (TPSA) is 146 Å². The highest BCUT2D eigenvalue weighted by Crippen LogP contribution is 2.60. The van der Waals surface area contributed by atoms with Crippen molar-refractivity contribution in [2.75, 3.05) is 28.4 Å². The lowest BCUT2D eigenvalue weighted by Gasteiger charge is -2.55. The fourth-order valence-electron chi connectivity index (χ4n) is 5.72. The van der Waals surface area contributed by atoms with Crippen LogP contribution in [0.2, 0.25) is 0 Å². The van der Waals surface area contributed by atoms with Crippen LogP contribution in [-0.4, -0.2) is 68.1 Å². The number of esters is 4. The summed E-state index contributed by atoms with van der Waals surface area (Å²) in [5, 5.41) is 23.1. The van der Waals surface area contributed by atoms with Crippen LogP contribution < -0.4 is 0 Å². The van der Waals surface area contributed by atoms with E-state index in [4.69, 9.17) is 18.9 Å². The molecule has 2 unspecified atom stereocenters. The van der Waals surface area contributed by atoms with Gasteiger partial charge in [0.2, 0.25) is 0 Å². The summed E-state index contributed by atoms with van der Waals surface area (Å²) in [5.41, 5.74) is -5.15. The van der Waals surface area contributed by atoms with Gasteiger partial charge in [0, 0.05) is 11.8 Å². The van der Waals surface area contributed by atoms with Gasteiger partial charge in [0.1, 0.15) is 17.3 Å². The largest absolute Gasteiger partial charge is 0.511 e. The zero-order chi connectivity index (χ0) is 27.9. The van der Waals surface area contributed by atoms with Crippen molar-refractivity contribution in [3.05, 3.63) is 46.7 Å². The lowest BCUT2D eigenvalue weighted by molar-refractivity contribution is -0.208. The first-order valence-electron chi connectivity index (χ1n) is 10.9. The summed E-state index contributed by atoms with van der Waals surface area (Å²) < 4.78 is 61.0. The van der Waals surface area contributed by atoms with Gasteiger partial charge in [0.15, 0.2) is 0 Å². The fraction of sp³-hybridized carbons (Fsp3) is 0.500. The maximum Gasteiger partial charge on any atom is 0.416 e. The number of carbonyl (C=O) groups is 4. The van der Waals surface area contributed by atoms with Crippen LogP contribution in [0.15, 0.2) is 35.6 Å². The minimum absolute atomic E-state index is 0.452. The van der Waals surface area contributed by atoms with Crippen LogP contribution >= 0.6 is 0 Å². The van der Waals surface area contributed by atoms with Crippen LogP contribution in [0.5, 0.6) is 0 Å². The van der Waals surface area contributed by atoms with Crippen molar-refractivity contribution in [2.45, 2.75) is 24.1 Å². The monoisotopic (exact) mass is 530 g/mol. The number of rotatable bonds is 5. The summed E-state index contributed by atoms with van der Waals surface area (Å²) >= 11 is 0. The summed E-state index contributed by atoms with van der Waals surface area (Å²) in [6, 6.07) is 4.24. The summed E-state index contributed by atoms with van der Waals surface area (Å²) in [7, 11) is 3.67. The van der Waals surface area contributed by atoms with Crippen LogP contribution in [0, 0.1) is 23.7 Å². The molecule has 0 radical (unpaired) electrons. The summed E-state index contributed by atoms with van der Waals surface area (Å²) in [6.45, 7) is 0. The minimum Gasteiger partial charge on any atom is -0.511 e.